The van der Waals surface area contributed by atoms with Crippen LogP contribution in [0.3, 0.4) is 0 Å². The van der Waals surface area contributed by atoms with Crippen LogP contribution in [-0.2, 0) is 20.5 Å². The zero-order chi connectivity index (χ0) is 21.3. The van der Waals surface area contributed by atoms with E-state index in [1.54, 1.807) is 6.07 Å². The number of sulfonamides is 1. The molecule has 2 rings (SSSR count). The summed E-state index contributed by atoms with van der Waals surface area (Å²) in [5.74, 6) is 1.15. The zero-order valence-corrected chi connectivity index (χ0v) is 18.8. The summed E-state index contributed by atoms with van der Waals surface area (Å²) in [6.07, 6.45) is 2.45. The van der Waals surface area contributed by atoms with Crippen molar-refractivity contribution in [2.75, 3.05) is 45.9 Å². The van der Waals surface area contributed by atoms with Gasteiger partial charge in [0, 0.05) is 51.9 Å². The van der Waals surface area contributed by atoms with E-state index in [0.717, 1.165) is 18.9 Å². The predicted octanol–water partition coefficient (Wildman–Crippen LogP) is 1.54. The third-order valence-corrected chi connectivity index (χ3v) is 6.70. The highest BCUT2D eigenvalue weighted by atomic mass is 32.2. The van der Waals surface area contributed by atoms with Crippen molar-refractivity contribution in [1.82, 2.24) is 19.7 Å². The summed E-state index contributed by atoms with van der Waals surface area (Å²) in [5, 5.41) is 7.03. The number of aromatic nitrogens is 1. The van der Waals surface area contributed by atoms with Crippen LogP contribution in [0.5, 0.6) is 0 Å². The lowest BCUT2D eigenvalue weighted by molar-refractivity contribution is 0.0266. The number of nitrogens with one attached hydrogen (secondary N) is 1. The molecule has 0 amide bonds. The Bertz CT molecular complexity index is 713. The fourth-order valence-corrected chi connectivity index (χ4v) is 4.74. The Hall–Kier alpha value is -1.65. The number of piperazine rings is 1. The second-order valence-electron chi connectivity index (χ2n) is 7.40. The van der Waals surface area contributed by atoms with E-state index in [4.69, 9.17) is 14.3 Å². The van der Waals surface area contributed by atoms with Crippen molar-refractivity contribution in [3.05, 3.63) is 18.0 Å². The highest BCUT2D eigenvalue weighted by Gasteiger charge is 2.29. The molecule has 0 spiro atoms. The molecule has 1 unspecified atom stereocenters. The fourth-order valence-electron chi connectivity index (χ4n) is 3.31. The molecule has 1 N–H and O–H groups in total. The normalized spacial score (nSPS) is 17.7. The third-order valence-electron chi connectivity index (χ3n) is 4.89. The van der Waals surface area contributed by atoms with Crippen molar-refractivity contribution in [1.29, 1.82) is 0 Å². The van der Waals surface area contributed by atoms with Crippen molar-refractivity contribution in [2.45, 2.75) is 46.0 Å². The molecule has 0 aromatic carbocycles. The standard InChI is InChI=1S/C19H35N5O4S/c1-5-20-19(21-9-7-18(16(3)4)27-6-2)23-10-12-24(13-11-23)29(25,26)15-17-8-14-28-22-17/h8,14,16,18H,5-7,9-13,15H2,1-4H3,(H,20,21). The van der Waals surface area contributed by atoms with Crippen molar-refractivity contribution >= 4 is 16.0 Å². The highest BCUT2D eigenvalue weighted by Crippen LogP contribution is 2.14. The molecule has 0 bridgehead atoms. The van der Waals surface area contributed by atoms with Crippen molar-refractivity contribution in [3.8, 4) is 0 Å². The lowest BCUT2D eigenvalue weighted by Gasteiger charge is -2.35. The Morgan fingerprint density at radius 1 is 1.31 bits per heavy atom. The molecule has 1 aromatic rings. The molecule has 1 saturated heterocycles. The first-order valence-corrected chi connectivity index (χ1v) is 12.0. The number of aliphatic imine (C=N–C) groups is 1. The Morgan fingerprint density at radius 2 is 2.03 bits per heavy atom. The van der Waals surface area contributed by atoms with E-state index in [2.05, 4.69) is 29.2 Å². The molecule has 9 nitrogen and oxygen atoms in total. The van der Waals surface area contributed by atoms with Crippen LogP contribution in [0.1, 0.15) is 39.8 Å². The molecule has 29 heavy (non-hydrogen) atoms. The molecule has 1 atom stereocenters. The Labute approximate surface area is 174 Å². The smallest absolute Gasteiger partial charge is 0.220 e. The van der Waals surface area contributed by atoms with E-state index in [9.17, 15) is 8.42 Å². The van der Waals surface area contributed by atoms with Gasteiger partial charge in [-0.25, -0.2) is 8.42 Å². The molecular formula is C19H35N5O4S. The minimum atomic E-state index is -3.40. The van der Waals surface area contributed by atoms with Crippen LogP contribution < -0.4 is 5.32 Å². The van der Waals surface area contributed by atoms with Gasteiger partial charge in [-0.2, -0.15) is 4.31 Å². The molecule has 1 aliphatic heterocycles. The lowest BCUT2D eigenvalue weighted by atomic mass is 10.0. The molecular weight excluding hydrogens is 394 g/mol. The van der Waals surface area contributed by atoms with Gasteiger partial charge in [-0.3, -0.25) is 4.99 Å². The van der Waals surface area contributed by atoms with Crippen molar-refractivity contribution in [3.63, 3.8) is 0 Å². The fraction of sp³-hybridized carbons (Fsp3) is 0.789. The number of ether oxygens (including phenoxy) is 1. The van der Waals surface area contributed by atoms with Gasteiger partial charge >= 0.3 is 0 Å². The van der Waals surface area contributed by atoms with Crippen LogP contribution in [0.2, 0.25) is 0 Å². The van der Waals surface area contributed by atoms with Crippen LogP contribution in [0, 0.1) is 5.92 Å². The van der Waals surface area contributed by atoms with E-state index >= 15 is 0 Å². The van der Waals surface area contributed by atoms with Gasteiger partial charge in [0.2, 0.25) is 10.0 Å². The topological polar surface area (TPSA) is 100 Å². The largest absolute Gasteiger partial charge is 0.378 e. The molecule has 2 heterocycles. The summed E-state index contributed by atoms with van der Waals surface area (Å²) >= 11 is 0. The van der Waals surface area contributed by atoms with Crippen LogP contribution in [0.25, 0.3) is 0 Å². The van der Waals surface area contributed by atoms with E-state index in [0.29, 0.717) is 50.9 Å². The van der Waals surface area contributed by atoms with Crippen molar-refractivity contribution in [2.24, 2.45) is 10.9 Å². The molecule has 166 valence electrons. The first-order chi connectivity index (χ1) is 13.9. The molecule has 0 radical (unpaired) electrons. The molecule has 1 aromatic heterocycles. The van der Waals surface area contributed by atoms with Crippen LogP contribution in [-0.4, -0.2) is 80.7 Å². The number of guanidine groups is 1. The van der Waals surface area contributed by atoms with E-state index in [1.165, 1.54) is 10.6 Å². The third kappa shape index (κ3) is 7.27. The van der Waals surface area contributed by atoms with Crippen LogP contribution >= 0.6 is 0 Å². The lowest BCUT2D eigenvalue weighted by Crippen LogP contribution is -2.54. The van der Waals surface area contributed by atoms with Crippen LogP contribution in [0.4, 0.5) is 0 Å². The second-order valence-corrected chi connectivity index (χ2v) is 9.36. The highest BCUT2D eigenvalue weighted by molar-refractivity contribution is 7.88. The van der Waals surface area contributed by atoms with Gasteiger partial charge in [-0.1, -0.05) is 19.0 Å². The number of nitrogens with zero attached hydrogens (tertiary/aromatic N) is 4. The maximum atomic E-state index is 12.6. The minimum Gasteiger partial charge on any atom is -0.378 e. The minimum absolute atomic E-state index is 0.133. The summed E-state index contributed by atoms with van der Waals surface area (Å²) in [5.41, 5.74) is 0.427. The Kier molecular flexibility index (Phi) is 9.38. The summed E-state index contributed by atoms with van der Waals surface area (Å²) in [6.45, 7) is 12.6. The quantitative estimate of drug-likeness (QED) is 0.445. The van der Waals surface area contributed by atoms with E-state index < -0.39 is 10.0 Å². The second kappa shape index (κ2) is 11.5. The average molecular weight is 430 g/mol. The van der Waals surface area contributed by atoms with Gasteiger partial charge in [0.05, 0.1) is 11.8 Å². The zero-order valence-electron chi connectivity index (χ0n) is 18.0. The molecule has 0 saturated carbocycles. The Balaban J connectivity index is 1.91. The molecule has 0 aliphatic carbocycles. The van der Waals surface area contributed by atoms with Gasteiger partial charge in [-0.15, -0.1) is 0 Å². The van der Waals surface area contributed by atoms with Crippen LogP contribution in [0.15, 0.2) is 21.8 Å². The van der Waals surface area contributed by atoms with E-state index in [1.807, 2.05) is 13.8 Å². The summed E-state index contributed by atoms with van der Waals surface area (Å²) < 4.78 is 37.2. The maximum Gasteiger partial charge on any atom is 0.220 e. The summed E-state index contributed by atoms with van der Waals surface area (Å²) in [6, 6.07) is 1.58. The van der Waals surface area contributed by atoms with Gasteiger partial charge in [-0.05, 0) is 26.2 Å². The molecule has 1 fully saturated rings. The number of hydrogen-bond donors (Lipinski definition) is 1. The Morgan fingerprint density at radius 3 is 2.59 bits per heavy atom. The van der Waals surface area contributed by atoms with Gasteiger partial charge in [0.15, 0.2) is 5.96 Å². The van der Waals surface area contributed by atoms with Gasteiger partial charge < -0.3 is 19.5 Å². The molecule has 1 aliphatic rings. The molecule has 10 heteroatoms. The average Bonchev–Trinajstić information content (AvgIpc) is 3.19. The summed E-state index contributed by atoms with van der Waals surface area (Å²) in [7, 11) is -3.40. The van der Waals surface area contributed by atoms with E-state index in [-0.39, 0.29) is 11.9 Å². The monoisotopic (exact) mass is 429 g/mol. The summed E-state index contributed by atoms with van der Waals surface area (Å²) in [4.78, 5) is 6.87. The first-order valence-electron chi connectivity index (χ1n) is 10.4. The van der Waals surface area contributed by atoms with Gasteiger partial charge in [0.25, 0.3) is 0 Å². The van der Waals surface area contributed by atoms with Crippen molar-refractivity contribution < 1.29 is 17.7 Å². The first kappa shape index (κ1) is 23.6. The van der Waals surface area contributed by atoms with Gasteiger partial charge in [0.1, 0.15) is 12.0 Å². The number of rotatable bonds is 10. The predicted molar refractivity (Wildman–Crippen MR) is 113 cm³/mol. The number of hydrogen-bond acceptors (Lipinski definition) is 6. The SMILES string of the molecule is CCNC(=NCCC(OCC)C(C)C)N1CCN(S(=O)(=O)Cc2ccon2)CC1. The maximum absolute atomic E-state index is 12.6.